The Morgan fingerprint density at radius 3 is 2.50 bits per heavy atom. The number of morpholine rings is 1. The zero-order valence-electron chi connectivity index (χ0n) is 22.8. The number of rotatable bonds is 5. The Morgan fingerprint density at radius 1 is 0.976 bits per heavy atom. The summed E-state index contributed by atoms with van der Waals surface area (Å²) in [5.41, 5.74) is 3.77. The molecule has 0 amide bonds. The van der Waals surface area contributed by atoms with E-state index in [0.29, 0.717) is 66.5 Å². The van der Waals surface area contributed by atoms with Crippen LogP contribution in [0.15, 0.2) is 77.9 Å². The second kappa shape index (κ2) is 10.1. The molecular weight excluding hydrogens is 540 g/mol. The van der Waals surface area contributed by atoms with Crippen LogP contribution in [0.5, 0.6) is 0 Å². The first-order valence-corrected chi connectivity index (χ1v) is 13.6. The van der Waals surface area contributed by atoms with E-state index in [-0.39, 0.29) is 0 Å². The van der Waals surface area contributed by atoms with Crippen LogP contribution in [0, 0.1) is 17.0 Å². The topological polar surface area (TPSA) is 96.9 Å². The van der Waals surface area contributed by atoms with Gasteiger partial charge in [0.2, 0.25) is 0 Å². The van der Waals surface area contributed by atoms with Crippen LogP contribution in [0.4, 0.5) is 8.78 Å². The number of halogens is 2. The number of aromatic amines is 1. The summed E-state index contributed by atoms with van der Waals surface area (Å²) in [7, 11) is 1.84. The van der Waals surface area contributed by atoms with E-state index in [9.17, 15) is 13.6 Å². The number of amidine groups is 1. The lowest BCUT2D eigenvalue weighted by Crippen LogP contribution is -2.40. The summed E-state index contributed by atoms with van der Waals surface area (Å²) in [6.07, 6.45) is 3.60. The second-order valence-corrected chi connectivity index (χ2v) is 10.5. The van der Waals surface area contributed by atoms with Crippen molar-refractivity contribution in [2.45, 2.75) is 6.54 Å². The van der Waals surface area contributed by atoms with Gasteiger partial charge in [0.1, 0.15) is 17.5 Å². The van der Waals surface area contributed by atoms with Crippen molar-refractivity contribution in [1.82, 2.24) is 28.8 Å². The molecule has 212 valence electrons. The van der Waals surface area contributed by atoms with E-state index in [0.717, 1.165) is 22.2 Å². The van der Waals surface area contributed by atoms with Crippen LogP contribution in [0.25, 0.3) is 38.9 Å². The molecular formula is C31H27F2N7O2. The van der Waals surface area contributed by atoms with Crippen LogP contribution in [-0.4, -0.2) is 60.9 Å². The predicted octanol–water partition coefficient (Wildman–Crippen LogP) is 4.66. The van der Waals surface area contributed by atoms with Gasteiger partial charge in [0.25, 0.3) is 0 Å². The van der Waals surface area contributed by atoms with Gasteiger partial charge in [0.15, 0.2) is 5.82 Å². The van der Waals surface area contributed by atoms with Crippen molar-refractivity contribution in [2.24, 2.45) is 7.05 Å². The highest BCUT2D eigenvalue weighted by atomic mass is 19.1. The number of hydrogen-bond acceptors (Lipinski definition) is 4. The van der Waals surface area contributed by atoms with Gasteiger partial charge in [0.05, 0.1) is 24.4 Å². The monoisotopic (exact) mass is 567 g/mol. The first-order valence-electron chi connectivity index (χ1n) is 13.6. The summed E-state index contributed by atoms with van der Waals surface area (Å²) >= 11 is 0. The van der Waals surface area contributed by atoms with Gasteiger partial charge in [-0.05, 0) is 48.0 Å². The molecule has 11 heteroatoms. The van der Waals surface area contributed by atoms with Crippen molar-refractivity contribution in [3.05, 3.63) is 106 Å². The van der Waals surface area contributed by atoms with Crippen molar-refractivity contribution in [3.8, 4) is 17.1 Å². The molecule has 42 heavy (non-hydrogen) atoms. The van der Waals surface area contributed by atoms with Gasteiger partial charge in [-0.1, -0.05) is 18.2 Å². The van der Waals surface area contributed by atoms with E-state index >= 15 is 0 Å². The molecule has 4 heterocycles. The molecule has 0 spiro atoms. The summed E-state index contributed by atoms with van der Waals surface area (Å²) < 4.78 is 39.5. The molecule has 3 aromatic heterocycles. The SMILES string of the molecule is Cn1cc(-c2n[nH]c(=O)n2-c2cn(Cc3cccc(C(=N)N4CCOCC4)c3)c3ccc(F)cc23)c2cc(F)ccc21. The van der Waals surface area contributed by atoms with Gasteiger partial charge in [-0.3, -0.25) is 5.41 Å². The lowest BCUT2D eigenvalue weighted by molar-refractivity contribution is 0.0680. The Kier molecular flexibility index (Phi) is 6.23. The summed E-state index contributed by atoms with van der Waals surface area (Å²) in [4.78, 5) is 15.2. The first-order chi connectivity index (χ1) is 20.4. The Hall–Kier alpha value is -5.03. The molecule has 7 rings (SSSR count). The lowest BCUT2D eigenvalue weighted by atomic mass is 10.1. The maximum Gasteiger partial charge on any atom is 0.348 e. The molecule has 0 bridgehead atoms. The maximum absolute atomic E-state index is 14.6. The molecule has 1 aliphatic heterocycles. The number of aromatic nitrogens is 5. The lowest BCUT2D eigenvalue weighted by Gasteiger charge is -2.29. The number of benzene rings is 3. The molecule has 0 atom stereocenters. The maximum atomic E-state index is 14.6. The molecule has 1 saturated heterocycles. The number of fused-ring (bicyclic) bond motifs is 2. The third-order valence-corrected chi connectivity index (χ3v) is 7.81. The third kappa shape index (κ3) is 4.38. The molecule has 1 aliphatic rings. The van der Waals surface area contributed by atoms with Crippen LogP contribution in [0.1, 0.15) is 11.1 Å². The smallest absolute Gasteiger partial charge is 0.348 e. The molecule has 9 nitrogen and oxygen atoms in total. The Bertz CT molecular complexity index is 2050. The van der Waals surface area contributed by atoms with Gasteiger partial charge >= 0.3 is 5.69 Å². The quantitative estimate of drug-likeness (QED) is 0.234. The molecule has 0 saturated carbocycles. The van der Waals surface area contributed by atoms with Crippen LogP contribution < -0.4 is 5.69 Å². The predicted molar refractivity (Wildman–Crippen MR) is 156 cm³/mol. The van der Waals surface area contributed by atoms with Crippen LogP contribution in [0.2, 0.25) is 0 Å². The number of hydrogen-bond donors (Lipinski definition) is 2. The fraction of sp³-hybridized carbons (Fsp3) is 0.194. The van der Waals surface area contributed by atoms with Crippen molar-refractivity contribution in [2.75, 3.05) is 26.3 Å². The molecule has 0 unspecified atom stereocenters. The normalized spacial score (nSPS) is 13.8. The van der Waals surface area contributed by atoms with E-state index in [2.05, 4.69) is 10.2 Å². The van der Waals surface area contributed by atoms with Crippen molar-refractivity contribution in [3.63, 3.8) is 0 Å². The molecule has 0 radical (unpaired) electrons. The zero-order valence-corrected chi connectivity index (χ0v) is 22.8. The number of nitrogens with zero attached hydrogens (tertiary/aromatic N) is 5. The van der Waals surface area contributed by atoms with Gasteiger partial charge in [0, 0.05) is 66.5 Å². The van der Waals surface area contributed by atoms with Gasteiger partial charge in [-0.25, -0.2) is 23.2 Å². The Labute approximate surface area is 238 Å². The van der Waals surface area contributed by atoms with Crippen molar-refractivity contribution in [1.29, 1.82) is 5.41 Å². The number of nitrogens with one attached hydrogen (secondary N) is 2. The minimum atomic E-state index is -0.498. The first kappa shape index (κ1) is 25.9. The van der Waals surface area contributed by atoms with Crippen LogP contribution >= 0.6 is 0 Å². The minimum absolute atomic E-state index is 0.292. The average Bonchev–Trinajstić information content (AvgIpc) is 3.65. The van der Waals surface area contributed by atoms with Crippen LogP contribution in [-0.2, 0) is 18.3 Å². The third-order valence-electron chi connectivity index (χ3n) is 7.81. The fourth-order valence-electron chi connectivity index (χ4n) is 5.79. The largest absolute Gasteiger partial charge is 0.378 e. The summed E-state index contributed by atoms with van der Waals surface area (Å²) in [5.74, 6) is -0.100. The molecule has 2 N–H and O–H groups in total. The molecule has 0 aliphatic carbocycles. The van der Waals surface area contributed by atoms with E-state index < -0.39 is 17.3 Å². The molecule has 3 aromatic carbocycles. The zero-order chi connectivity index (χ0) is 29.0. The van der Waals surface area contributed by atoms with Crippen LogP contribution in [0.3, 0.4) is 0 Å². The van der Waals surface area contributed by atoms with E-state index in [1.54, 1.807) is 24.5 Å². The fourth-order valence-corrected chi connectivity index (χ4v) is 5.79. The molecule has 6 aromatic rings. The van der Waals surface area contributed by atoms with E-state index in [4.69, 9.17) is 10.1 Å². The average molecular weight is 568 g/mol. The van der Waals surface area contributed by atoms with Gasteiger partial charge in [-0.2, -0.15) is 5.10 Å². The highest BCUT2D eigenvalue weighted by Crippen LogP contribution is 2.33. The second-order valence-electron chi connectivity index (χ2n) is 10.5. The molecule has 1 fully saturated rings. The minimum Gasteiger partial charge on any atom is -0.378 e. The summed E-state index contributed by atoms with van der Waals surface area (Å²) in [6, 6.07) is 16.7. The highest BCUT2D eigenvalue weighted by molar-refractivity contribution is 5.97. The van der Waals surface area contributed by atoms with E-state index in [1.807, 2.05) is 45.3 Å². The highest BCUT2D eigenvalue weighted by Gasteiger charge is 2.22. The summed E-state index contributed by atoms with van der Waals surface area (Å²) in [5, 5.41) is 16.7. The van der Waals surface area contributed by atoms with Crippen molar-refractivity contribution >= 4 is 27.6 Å². The Morgan fingerprint density at radius 2 is 1.71 bits per heavy atom. The Balaban J connectivity index is 1.33. The van der Waals surface area contributed by atoms with Gasteiger partial charge < -0.3 is 18.8 Å². The van der Waals surface area contributed by atoms with Gasteiger partial charge in [-0.15, -0.1) is 0 Å². The number of H-pyrrole nitrogens is 1. The summed E-state index contributed by atoms with van der Waals surface area (Å²) in [6.45, 7) is 2.96. The van der Waals surface area contributed by atoms with E-state index in [1.165, 1.54) is 28.8 Å². The number of aryl methyl sites for hydroxylation is 1. The van der Waals surface area contributed by atoms with Crippen molar-refractivity contribution < 1.29 is 13.5 Å². The standard InChI is InChI=1S/C31H27F2N7O2/c1-37-17-25(23-14-21(32)5-7-26(23)37)30-35-36-31(41)40(30)28-18-39(27-8-6-22(33)15-24(27)28)16-19-3-2-4-20(13-19)29(34)38-9-11-42-12-10-38/h2-8,13-15,17-18,34H,9-12,16H2,1H3,(H,36,41). The number of ether oxygens (including phenoxy) is 1.